The molecule has 0 saturated carbocycles. The van der Waals surface area contributed by atoms with Gasteiger partial charge in [-0.3, -0.25) is 4.79 Å². The molecule has 1 aromatic rings. The molecule has 1 heterocycles. The monoisotopic (exact) mass is 398 g/mol. The molecule has 0 N–H and O–H groups in total. The van der Waals surface area contributed by atoms with Gasteiger partial charge in [0.15, 0.2) is 0 Å². The van der Waals surface area contributed by atoms with Crippen LogP contribution in [0.1, 0.15) is 40.0 Å². The zero-order valence-corrected chi connectivity index (χ0v) is 16.7. The molecule has 0 atom stereocenters. The number of hydrogen-bond donors (Lipinski definition) is 0. The van der Waals surface area contributed by atoms with Crippen molar-refractivity contribution in [3.63, 3.8) is 0 Å². The predicted octanol–water partition coefficient (Wildman–Crippen LogP) is 3.74. The lowest BCUT2D eigenvalue weighted by Crippen LogP contribution is -2.49. The SMILES string of the molecule is CC(C)(C)OC(=O)CCCCOC(=O)N1CCN(c2cc(F)cc(F)c2)CC1. The Kier molecular flexibility index (Phi) is 7.60. The van der Waals surface area contributed by atoms with Crippen LogP contribution in [0.15, 0.2) is 18.2 Å². The van der Waals surface area contributed by atoms with Gasteiger partial charge in [-0.1, -0.05) is 0 Å². The number of esters is 1. The van der Waals surface area contributed by atoms with E-state index >= 15 is 0 Å². The summed E-state index contributed by atoms with van der Waals surface area (Å²) in [7, 11) is 0. The second kappa shape index (κ2) is 9.71. The highest BCUT2D eigenvalue weighted by Crippen LogP contribution is 2.20. The third kappa shape index (κ3) is 7.32. The molecule has 8 heteroatoms. The lowest BCUT2D eigenvalue weighted by Gasteiger charge is -2.35. The highest BCUT2D eigenvalue weighted by Gasteiger charge is 2.23. The maximum atomic E-state index is 13.3. The molecule has 0 radical (unpaired) electrons. The molecule has 2 rings (SSSR count). The van der Waals surface area contributed by atoms with Crippen LogP contribution in [0.3, 0.4) is 0 Å². The van der Waals surface area contributed by atoms with Crippen molar-refractivity contribution in [2.75, 3.05) is 37.7 Å². The number of anilines is 1. The molecule has 0 aliphatic carbocycles. The fraction of sp³-hybridized carbons (Fsp3) is 0.600. The highest BCUT2D eigenvalue weighted by molar-refractivity contribution is 5.70. The predicted molar refractivity (Wildman–Crippen MR) is 101 cm³/mol. The number of piperazine rings is 1. The van der Waals surface area contributed by atoms with E-state index in [1.165, 1.54) is 12.1 Å². The first-order valence-corrected chi connectivity index (χ1v) is 9.48. The van der Waals surface area contributed by atoms with Gasteiger partial charge < -0.3 is 19.3 Å². The van der Waals surface area contributed by atoms with E-state index in [4.69, 9.17) is 9.47 Å². The number of halogens is 2. The molecule has 1 aliphatic heterocycles. The van der Waals surface area contributed by atoms with Crippen LogP contribution in [-0.2, 0) is 14.3 Å². The van der Waals surface area contributed by atoms with E-state index in [0.717, 1.165) is 6.07 Å². The minimum absolute atomic E-state index is 0.233. The van der Waals surface area contributed by atoms with Crippen LogP contribution < -0.4 is 4.90 Å². The first kappa shape index (κ1) is 21.9. The van der Waals surface area contributed by atoms with Crippen LogP contribution in [-0.4, -0.2) is 55.3 Å². The Hall–Kier alpha value is -2.38. The number of nitrogens with zero attached hydrogens (tertiary/aromatic N) is 2. The fourth-order valence-electron chi connectivity index (χ4n) is 2.88. The van der Waals surface area contributed by atoms with Crippen LogP contribution >= 0.6 is 0 Å². The van der Waals surface area contributed by atoms with E-state index < -0.39 is 23.3 Å². The van der Waals surface area contributed by atoms with Crippen molar-refractivity contribution in [3.05, 3.63) is 29.8 Å². The van der Waals surface area contributed by atoms with Crippen LogP contribution in [0.4, 0.5) is 19.3 Å². The summed E-state index contributed by atoms with van der Waals surface area (Å²) in [5.41, 5.74) is -0.0316. The molecular weight excluding hydrogens is 370 g/mol. The molecule has 28 heavy (non-hydrogen) atoms. The molecule has 0 unspecified atom stereocenters. The second-order valence-corrected chi connectivity index (χ2v) is 7.76. The lowest BCUT2D eigenvalue weighted by molar-refractivity contribution is -0.154. The Morgan fingerprint density at radius 2 is 1.61 bits per heavy atom. The van der Waals surface area contributed by atoms with E-state index in [9.17, 15) is 18.4 Å². The molecule has 1 saturated heterocycles. The van der Waals surface area contributed by atoms with Gasteiger partial charge in [-0.15, -0.1) is 0 Å². The largest absolute Gasteiger partial charge is 0.460 e. The smallest absolute Gasteiger partial charge is 0.409 e. The summed E-state index contributed by atoms with van der Waals surface area (Å²) < 4.78 is 37.1. The van der Waals surface area contributed by atoms with E-state index in [-0.39, 0.29) is 19.0 Å². The molecular formula is C20H28F2N2O4. The molecule has 6 nitrogen and oxygen atoms in total. The van der Waals surface area contributed by atoms with E-state index in [1.807, 2.05) is 25.7 Å². The van der Waals surface area contributed by atoms with Crippen LogP contribution in [0.5, 0.6) is 0 Å². The van der Waals surface area contributed by atoms with E-state index in [0.29, 0.717) is 44.7 Å². The zero-order valence-electron chi connectivity index (χ0n) is 16.7. The quantitative estimate of drug-likeness (QED) is 0.540. The highest BCUT2D eigenvalue weighted by atomic mass is 19.1. The van der Waals surface area contributed by atoms with Crippen LogP contribution in [0.2, 0.25) is 0 Å². The summed E-state index contributed by atoms with van der Waals surface area (Å²) in [6, 6.07) is 3.39. The first-order chi connectivity index (χ1) is 13.1. The van der Waals surface area contributed by atoms with Crippen molar-refractivity contribution < 1.29 is 27.8 Å². The maximum Gasteiger partial charge on any atom is 0.409 e. The average Bonchev–Trinajstić information content (AvgIpc) is 2.59. The standard InChI is InChI=1S/C20H28F2N2O4/c1-20(2,3)28-18(25)6-4-5-11-27-19(26)24-9-7-23(8-10-24)17-13-15(21)12-16(22)14-17/h12-14H,4-11H2,1-3H3. The Balaban J connectivity index is 1.65. The minimum atomic E-state index is -0.622. The number of benzene rings is 1. The van der Waals surface area contributed by atoms with Gasteiger partial charge in [-0.25, -0.2) is 13.6 Å². The van der Waals surface area contributed by atoms with Gasteiger partial charge in [0, 0.05) is 44.4 Å². The van der Waals surface area contributed by atoms with E-state index in [1.54, 1.807) is 4.90 Å². The minimum Gasteiger partial charge on any atom is -0.460 e. The van der Waals surface area contributed by atoms with Gasteiger partial charge in [-0.05, 0) is 45.7 Å². The Bertz CT molecular complexity index is 663. The normalized spacial score (nSPS) is 14.8. The van der Waals surface area contributed by atoms with Crippen LogP contribution in [0.25, 0.3) is 0 Å². The number of hydrogen-bond acceptors (Lipinski definition) is 5. The van der Waals surface area contributed by atoms with E-state index in [2.05, 4.69) is 0 Å². The fourth-order valence-corrected chi connectivity index (χ4v) is 2.88. The van der Waals surface area contributed by atoms with Gasteiger partial charge in [-0.2, -0.15) is 0 Å². The van der Waals surface area contributed by atoms with Gasteiger partial charge in [0.1, 0.15) is 17.2 Å². The molecule has 0 spiro atoms. The Labute approximate surface area is 164 Å². The number of unbranched alkanes of at least 4 members (excludes halogenated alkanes) is 1. The average molecular weight is 398 g/mol. The van der Waals surface area contributed by atoms with Crippen molar-refractivity contribution in [1.29, 1.82) is 0 Å². The Morgan fingerprint density at radius 1 is 1.00 bits per heavy atom. The van der Waals surface area contributed by atoms with Gasteiger partial charge in [0.05, 0.1) is 6.61 Å². The number of ether oxygens (including phenoxy) is 2. The van der Waals surface area contributed by atoms with Gasteiger partial charge in [0.2, 0.25) is 0 Å². The van der Waals surface area contributed by atoms with Crippen molar-refractivity contribution in [3.8, 4) is 0 Å². The zero-order chi connectivity index (χ0) is 20.7. The van der Waals surface area contributed by atoms with Crippen molar-refractivity contribution >= 4 is 17.7 Å². The van der Waals surface area contributed by atoms with Crippen LogP contribution in [0, 0.1) is 11.6 Å². The molecule has 1 fully saturated rings. The van der Waals surface area contributed by atoms with Gasteiger partial charge in [0.25, 0.3) is 0 Å². The van der Waals surface area contributed by atoms with Gasteiger partial charge >= 0.3 is 12.1 Å². The topological polar surface area (TPSA) is 59.1 Å². The summed E-state index contributed by atoms with van der Waals surface area (Å²) in [4.78, 5) is 27.1. The number of carbonyl (C=O) groups excluding carboxylic acids is 2. The summed E-state index contributed by atoms with van der Waals surface area (Å²) in [6.45, 7) is 7.44. The maximum absolute atomic E-state index is 13.3. The lowest BCUT2D eigenvalue weighted by atomic mass is 10.2. The molecule has 1 aliphatic rings. The van der Waals surface area contributed by atoms with Crippen molar-refractivity contribution in [1.82, 2.24) is 4.90 Å². The number of rotatable bonds is 6. The molecule has 156 valence electrons. The third-order valence-corrected chi connectivity index (χ3v) is 4.17. The van der Waals surface area contributed by atoms with Crippen molar-refractivity contribution in [2.24, 2.45) is 0 Å². The second-order valence-electron chi connectivity index (χ2n) is 7.76. The summed E-state index contributed by atoms with van der Waals surface area (Å²) in [6.07, 6.45) is 1.04. The molecule has 1 amide bonds. The summed E-state index contributed by atoms with van der Waals surface area (Å²) >= 11 is 0. The third-order valence-electron chi connectivity index (χ3n) is 4.17. The Morgan fingerprint density at radius 3 is 2.18 bits per heavy atom. The number of amides is 1. The summed E-state index contributed by atoms with van der Waals surface area (Å²) in [5, 5.41) is 0. The van der Waals surface area contributed by atoms with Crippen molar-refractivity contribution in [2.45, 2.75) is 45.6 Å². The molecule has 0 bridgehead atoms. The summed E-state index contributed by atoms with van der Waals surface area (Å²) in [5.74, 6) is -1.50. The first-order valence-electron chi connectivity index (χ1n) is 9.48. The number of carbonyl (C=O) groups is 2. The molecule has 1 aromatic carbocycles. The molecule has 0 aromatic heterocycles.